The molecular formula is C8H18O2S2. The van der Waals surface area contributed by atoms with Crippen LogP contribution in [0.15, 0.2) is 0 Å². The molecule has 0 aromatic heterocycles. The van der Waals surface area contributed by atoms with Gasteiger partial charge in [-0.15, -0.1) is 0 Å². The van der Waals surface area contributed by atoms with E-state index < -0.39 is 0 Å². The summed E-state index contributed by atoms with van der Waals surface area (Å²) < 4.78 is 10.5. The van der Waals surface area contributed by atoms with E-state index in [9.17, 15) is 0 Å². The summed E-state index contributed by atoms with van der Waals surface area (Å²) in [5.74, 6) is 1.17. The van der Waals surface area contributed by atoms with Crippen LogP contribution in [0.25, 0.3) is 0 Å². The van der Waals surface area contributed by atoms with Crippen molar-refractivity contribution in [3.63, 3.8) is 0 Å². The summed E-state index contributed by atoms with van der Waals surface area (Å²) in [6.45, 7) is 10.1. The standard InChI is InChI=1S/C8H18O2S2/c1-7(2)5-9-11-12-10-6-8(3)4/h7-8H,5-6H2,1-4H3. The van der Waals surface area contributed by atoms with Crippen LogP contribution in [0.2, 0.25) is 0 Å². The van der Waals surface area contributed by atoms with Crippen molar-refractivity contribution in [3.05, 3.63) is 0 Å². The van der Waals surface area contributed by atoms with Crippen LogP contribution in [0.4, 0.5) is 0 Å². The number of rotatable bonds is 7. The van der Waals surface area contributed by atoms with E-state index in [4.69, 9.17) is 8.37 Å². The van der Waals surface area contributed by atoms with E-state index in [0.29, 0.717) is 11.8 Å². The van der Waals surface area contributed by atoms with E-state index in [1.54, 1.807) is 0 Å². The van der Waals surface area contributed by atoms with Gasteiger partial charge in [-0.05, 0) is 11.8 Å². The first-order valence-electron chi connectivity index (χ1n) is 4.20. The zero-order chi connectivity index (χ0) is 9.40. The maximum absolute atomic E-state index is 5.23. The Labute approximate surface area is 83.6 Å². The molecule has 0 aliphatic carbocycles. The van der Waals surface area contributed by atoms with Gasteiger partial charge in [0.1, 0.15) is 0 Å². The lowest BCUT2D eigenvalue weighted by Crippen LogP contribution is -1.97. The van der Waals surface area contributed by atoms with Crippen LogP contribution < -0.4 is 0 Å². The molecule has 0 aliphatic rings. The maximum atomic E-state index is 5.23. The zero-order valence-corrected chi connectivity index (χ0v) is 9.83. The molecule has 12 heavy (non-hydrogen) atoms. The molecule has 2 nitrogen and oxygen atoms in total. The minimum Gasteiger partial charge on any atom is -0.303 e. The van der Waals surface area contributed by atoms with Gasteiger partial charge in [0.2, 0.25) is 0 Å². The third-order valence-corrected chi connectivity index (χ3v) is 2.19. The Morgan fingerprint density at radius 1 is 0.833 bits per heavy atom. The summed E-state index contributed by atoms with van der Waals surface area (Å²) in [5, 5.41) is 0. The molecule has 0 heterocycles. The van der Waals surface area contributed by atoms with Gasteiger partial charge in [0.15, 0.2) is 0 Å². The van der Waals surface area contributed by atoms with Gasteiger partial charge in [0.05, 0.1) is 35.4 Å². The molecule has 0 amide bonds. The maximum Gasteiger partial charge on any atom is 0.0925 e. The van der Waals surface area contributed by atoms with E-state index in [-0.39, 0.29) is 0 Å². The van der Waals surface area contributed by atoms with Crippen LogP contribution in [-0.2, 0) is 8.37 Å². The average molecular weight is 210 g/mol. The quantitative estimate of drug-likeness (QED) is 0.363. The molecule has 0 rings (SSSR count). The normalized spacial score (nSPS) is 11.5. The van der Waals surface area contributed by atoms with Gasteiger partial charge in [-0.3, -0.25) is 0 Å². The van der Waals surface area contributed by atoms with Crippen LogP contribution in [0.5, 0.6) is 0 Å². The minimum absolute atomic E-state index is 0.586. The Morgan fingerprint density at radius 3 is 1.42 bits per heavy atom. The Morgan fingerprint density at radius 2 is 1.17 bits per heavy atom. The molecule has 0 radical (unpaired) electrons. The van der Waals surface area contributed by atoms with Crippen molar-refractivity contribution < 1.29 is 8.37 Å². The SMILES string of the molecule is CC(C)COSSOCC(C)C. The van der Waals surface area contributed by atoms with Gasteiger partial charge < -0.3 is 8.37 Å². The summed E-state index contributed by atoms with van der Waals surface area (Å²) in [6.07, 6.45) is 0. The molecule has 0 saturated heterocycles. The molecule has 4 heteroatoms. The molecule has 0 fully saturated rings. The number of hydrogen-bond donors (Lipinski definition) is 0. The largest absolute Gasteiger partial charge is 0.303 e. The van der Waals surface area contributed by atoms with Crippen molar-refractivity contribution in [2.45, 2.75) is 27.7 Å². The van der Waals surface area contributed by atoms with Crippen molar-refractivity contribution in [2.75, 3.05) is 13.2 Å². The van der Waals surface area contributed by atoms with Crippen LogP contribution in [0.3, 0.4) is 0 Å². The fraction of sp³-hybridized carbons (Fsp3) is 1.00. The van der Waals surface area contributed by atoms with Crippen LogP contribution in [-0.4, -0.2) is 13.2 Å². The smallest absolute Gasteiger partial charge is 0.0925 e. The highest BCUT2D eigenvalue weighted by molar-refractivity contribution is 8.73. The summed E-state index contributed by atoms with van der Waals surface area (Å²) in [4.78, 5) is 0. The lowest BCUT2D eigenvalue weighted by atomic mass is 10.2. The first-order chi connectivity index (χ1) is 5.63. The first-order valence-corrected chi connectivity index (χ1v) is 6.20. The van der Waals surface area contributed by atoms with E-state index >= 15 is 0 Å². The van der Waals surface area contributed by atoms with Gasteiger partial charge in [0.25, 0.3) is 0 Å². The topological polar surface area (TPSA) is 18.5 Å². The van der Waals surface area contributed by atoms with Gasteiger partial charge in [-0.1, -0.05) is 27.7 Å². The van der Waals surface area contributed by atoms with Crippen molar-refractivity contribution in [2.24, 2.45) is 11.8 Å². The third kappa shape index (κ3) is 10.6. The van der Waals surface area contributed by atoms with Gasteiger partial charge in [0, 0.05) is 0 Å². The fourth-order valence-electron chi connectivity index (χ4n) is 0.367. The zero-order valence-electron chi connectivity index (χ0n) is 8.20. The molecule has 0 aromatic rings. The average Bonchev–Trinajstić information content (AvgIpc) is 1.95. The summed E-state index contributed by atoms with van der Waals surface area (Å²) >= 11 is 2.64. The molecule has 0 aromatic carbocycles. The van der Waals surface area contributed by atoms with Gasteiger partial charge in [-0.25, -0.2) is 0 Å². The minimum atomic E-state index is 0.586. The predicted octanol–water partition coefficient (Wildman–Crippen LogP) is 3.54. The van der Waals surface area contributed by atoms with Crippen molar-refractivity contribution in [1.82, 2.24) is 0 Å². The highest BCUT2D eigenvalue weighted by Crippen LogP contribution is 2.24. The van der Waals surface area contributed by atoms with Crippen molar-refractivity contribution in [1.29, 1.82) is 0 Å². The van der Waals surface area contributed by atoms with Crippen molar-refractivity contribution in [3.8, 4) is 0 Å². The molecule has 0 aliphatic heterocycles. The van der Waals surface area contributed by atoms with E-state index in [1.165, 1.54) is 22.1 Å². The predicted molar refractivity (Wildman–Crippen MR) is 56.8 cm³/mol. The second kappa shape index (κ2) is 8.23. The highest BCUT2D eigenvalue weighted by Gasteiger charge is 1.97. The summed E-state index contributed by atoms with van der Waals surface area (Å²) in [6, 6.07) is 0. The second-order valence-electron chi connectivity index (χ2n) is 3.49. The molecule has 74 valence electrons. The Hall–Kier alpha value is 0.620. The Kier molecular flexibility index (Phi) is 8.65. The van der Waals surface area contributed by atoms with Gasteiger partial charge in [-0.2, -0.15) is 0 Å². The lowest BCUT2D eigenvalue weighted by Gasteiger charge is -2.05. The molecule has 0 spiro atoms. The van der Waals surface area contributed by atoms with Crippen LogP contribution in [0.1, 0.15) is 27.7 Å². The molecular weight excluding hydrogens is 192 g/mol. The molecule has 0 N–H and O–H groups in total. The lowest BCUT2D eigenvalue weighted by molar-refractivity contribution is 0.309. The van der Waals surface area contributed by atoms with Crippen LogP contribution in [0, 0.1) is 11.8 Å². The first kappa shape index (κ1) is 12.6. The van der Waals surface area contributed by atoms with Crippen molar-refractivity contribution >= 4 is 22.1 Å². The molecule has 0 unspecified atom stereocenters. The van der Waals surface area contributed by atoms with E-state index in [1.807, 2.05) is 0 Å². The third-order valence-electron chi connectivity index (χ3n) is 0.927. The highest BCUT2D eigenvalue weighted by atomic mass is 33.1. The van der Waals surface area contributed by atoms with E-state index in [0.717, 1.165) is 13.2 Å². The Balaban J connectivity index is 2.91. The Bertz CT molecular complexity index is 85.1. The van der Waals surface area contributed by atoms with Crippen LogP contribution >= 0.6 is 22.1 Å². The summed E-state index contributed by atoms with van der Waals surface area (Å²) in [5.41, 5.74) is 0. The molecule has 0 bridgehead atoms. The summed E-state index contributed by atoms with van der Waals surface area (Å²) in [7, 11) is 0. The molecule has 0 saturated carbocycles. The monoisotopic (exact) mass is 210 g/mol. The number of hydrogen-bond acceptors (Lipinski definition) is 4. The fourth-order valence-corrected chi connectivity index (χ4v) is 1.67. The van der Waals surface area contributed by atoms with Gasteiger partial charge >= 0.3 is 0 Å². The van der Waals surface area contributed by atoms with E-state index in [2.05, 4.69) is 27.7 Å². The second-order valence-corrected chi connectivity index (χ2v) is 5.05. The molecule has 0 atom stereocenters.